The quantitative estimate of drug-likeness (QED) is 0.514. The van der Waals surface area contributed by atoms with Gasteiger partial charge in [-0.1, -0.05) is 11.6 Å². The van der Waals surface area contributed by atoms with E-state index in [0.29, 0.717) is 3.70 Å². The highest BCUT2D eigenvalue weighted by Crippen LogP contribution is 2.10. The minimum atomic E-state index is -0.348. The Morgan fingerprint density at radius 1 is 1.56 bits per heavy atom. The zero-order valence-electron chi connectivity index (χ0n) is 4.24. The van der Waals surface area contributed by atoms with E-state index in [1.165, 1.54) is 12.1 Å². The second-order valence-electron chi connectivity index (χ2n) is 1.43. The van der Waals surface area contributed by atoms with Gasteiger partial charge in [-0.05, 0) is 22.6 Å². The van der Waals surface area contributed by atoms with E-state index < -0.39 is 0 Å². The Labute approximate surface area is 70.4 Å². The monoisotopic (exact) mass is 257 g/mol. The molecule has 0 saturated carbocycles. The lowest BCUT2D eigenvalue weighted by Crippen LogP contribution is -1.82. The molecule has 0 spiro atoms. The summed E-state index contributed by atoms with van der Waals surface area (Å²) in [4.78, 5) is 3.75. The number of pyridine rings is 1. The molecule has 1 heterocycles. The predicted molar refractivity (Wildman–Crippen MR) is 41.9 cm³/mol. The molecule has 9 heavy (non-hydrogen) atoms. The molecule has 0 amide bonds. The molecule has 0 aliphatic rings. The van der Waals surface area contributed by atoms with E-state index in [0.717, 1.165) is 0 Å². The largest absolute Gasteiger partial charge is 0.230 e. The third-order valence-electron chi connectivity index (χ3n) is 0.728. The Morgan fingerprint density at radius 2 is 2.22 bits per heavy atom. The Hall–Kier alpha value is 0.100. The van der Waals surface area contributed by atoms with Crippen LogP contribution >= 0.6 is 34.2 Å². The van der Waals surface area contributed by atoms with Crippen molar-refractivity contribution >= 4 is 34.2 Å². The fourth-order valence-electron chi connectivity index (χ4n) is 0.436. The third kappa shape index (κ3) is 2.06. The Morgan fingerprint density at radius 3 is 2.67 bits per heavy atom. The summed E-state index contributed by atoms with van der Waals surface area (Å²) in [6.07, 6.45) is 0. The highest BCUT2D eigenvalue weighted by Gasteiger charge is 1.95. The molecule has 0 unspecified atom stereocenters. The van der Waals surface area contributed by atoms with Crippen LogP contribution in [0.5, 0.6) is 0 Å². The first-order chi connectivity index (χ1) is 4.18. The average Bonchev–Trinajstić information content (AvgIpc) is 1.59. The van der Waals surface area contributed by atoms with Gasteiger partial charge in [0.1, 0.15) is 14.7 Å². The zero-order valence-corrected chi connectivity index (χ0v) is 7.15. The Kier molecular flexibility index (Phi) is 2.23. The molecule has 0 radical (unpaired) electrons. The van der Waals surface area contributed by atoms with Crippen LogP contribution in [0.4, 0.5) is 4.39 Å². The van der Waals surface area contributed by atoms with E-state index in [1.54, 1.807) is 0 Å². The molecule has 0 N–H and O–H groups in total. The van der Waals surface area contributed by atoms with E-state index in [4.69, 9.17) is 11.6 Å². The van der Waals surface area contributed by atoms with Gasteiger partial charge in [-0.15, -0.1) is 0 Å². The second-order valence-corrected chi connectivity index (χ2v) is 2.92. The molecule has 0 saturated heterocycles. The summed E-state index contributed by atoms with van der Waals surface area (Å²) in [6.45, 7) is 0. The van der Waals surface area contributed by atoms with Gasteiger partial charge in [0.05, 0.1) is 0 Å². The normalized spacial score (nSPS) is 9.67. The summed E-state index contributed by atoms with van der Waals surface area (Å²) in [5.74, 6) is -0.348. The fourth-order valence-corrected chi connectivity index (χ4v) is 1.33. The number of rotatable bonds is 0. The van der Waals surface area contributed by atoms with Crippen molar-refractivity contribution in [3.63, 3.8) is 0 Å². The van der Waals surface area contributed by atoms with Crippen LogP contribution in [0, 0.1) is 9.52 Å². The van der Waals surface area contributed by atoms with Gasteiger partial charge in [-0.2, -0.15) is 0 Å². The average molecular weight is 257 g/mol. The van der Waals surface area contributed by atoms with Crippen molar-refractivity contribution in [1.29, 1.82) is 0 Å². The topological polar surface area (TPSA) is 12.9 Å². The van der Waals surface area contributed by atoms with Crippen molar-refractivity contribution in [2.75, 3.05) is 0 Å². The molecule has 0 atom stereocenters. The van der Waals surface area contributed by atoms with Gasteiger partial charge in [0, 0.05) is 12.1 Å². The highest BCUT2D eigenvalue weighted by molar-refractivity contribution is 14.1. The molecule has 0 bridgehead atoms. The van der Waals surface area contributed by atoms with E-state index in [9.17, 15) is 4.39 Å². The van der Waals surface area contributed by atoms with Gasteiger partial charge in [0.25, 0.3) is 0 Å². The first-order valence-electron chi connectivity index (χ1n) is 2.17. The van der Waals surface area contributed by atoms with Crippen molar-refractivity contribution in [3.8, 4) is 0 Å². The lowest BCUT2D eigenvalue weighted by Gasteiger charge is -1.90. The Bertz CT molecular complexity index is 178. The summed E-state index contributed by atoms with van der Waals surface area (Å²) in [5, 5.41) is 0.194. The molecule has 4 heteroatoms. The SMILES string of the molecule is Fc1cc(Cl)nc(I)c1. The lowest BCUT2D eigenvalue weighted by molar-refractivity contribution is 0.624. The van der Waals surface area contributed by atoms with Crippen LogP contribution in [0.25, 0.3) is 0 Å². The molecule has 0 aliphatic heterocycles. The van der Waals surface area contributed by atoms with Crippen molar-refractivity contribution in [2.24, 2.45) is 0 Å². The summed E-state index contributed by atoms with van der Waals surface area (Å²) in [7, 11) is 0. The first kappa shape index (κ1) is 7.21. The predicted octanol–water partition coefficient (Wildman–Crippen LogP) is 2.48. The van der Waals surface area contributed by atoms with Gasteiger partial charge in [0.15, 0.2) is 0 Å². The number of hydrogen-bond donors (Lipinski definition) is 0. The minimum Gasteiger partial charge on any atom is -0.230 e. The number of aromatic nitrogens is 1. The van der Waals surface area contributed by atoms with Crippen LogP contribution in [-0.2, 0) is 0 Å². The molecule has 0 aliphatic carbocycles. The molecular formula is C5H2ClFIN. The second kappa shape index (κ2) is 2.79. The smallest absolute Gasteiger partial charge is 0.133 e. The van der Waals surface area contributed by atoms with E-state index >= 15 is 0 Å². The van der Waals surface area contributed by atoms with Gasteiger partial charge in [-0.25, -0.2) is 9.37 Å². The summed E-state index contributed by atoms with van der Waals surface area (Å²) >= 11 is 7.29. The van der Waals surface area contributed by atoms with E-state index in [-0.39, 0.29) is 11.0 Å². The maximum absolute atomic E-state index is 12.3. The van der Waals surface area contributed by atoms with Crippen LogP contribution in [0.1, 0.15) is 0 Å². The Balaban J connectivity index is 3.17. The standard InChI is InChI=1S/C5H2ClFIN/c6-4-1-3(7)2-5(8)9-4/h1-2H. The van der Waals surface area contributed by atoms with Crippen LogP contribution in [0.3, 0.4) is 0 Å². The highest BCUT2D eigenvalue weighted by atomic mass is 127. The van der Waals surface area contributed by atoms with Gasteiger partial charge >= 0.3 is 0 Å². The van der Waals surface area contributed by atoms with E-state index in [1.807, 2.05) is 22.6 Å². The van der Waals surface area contributed by atoms with Gasteiger partial charge < -0.3 is 0 Å². The summed E-state index contributed by atoms with van der Waals surface area (Å²) < 4.78 is 12.9. The van der Waals surface area contributed by atoms with Gasteiger partial charge in [-0.3, -0.25) is 0 Å². The van der Waals surface area contributed by atoms with Crippen molar-refractivity contribution < 1.29 is 4.39 Å². The zero-order chi connectivity index (χ0) is 6.85. The van der Waals surface area contributed by atoms with Crippen molar-refractivity contribution in [2.45, 2.75) is 0 Å². The lowest BCUT2D eigenvalue weighted by atomic mass is 10.5. The van der Waals surface area contributed by atoms with E-state index in [2.05, 4.69) is 4.98 Å². The molecule has 1 aromatic heterocycles. The molecule has 1 aromatic rings. The molecule has 1 nitrogen and oxygen atoms in total. The summed E-state index contributed by atoms with van der Waals surface area (Å²) in [5.41, 5.74) is 0. The van der Waals surface area contributed by atoms with Crippen LogP contribution in [0.15, 0.2) is 12.1 Å². The molecule has 0 aromatic carbocycles. The van der Waals surface area contributed by atoms with Crippen LogP contribution in [-0.4, -0.2) is 4.98 Å². The molecule has 48 valence electrons. The number of halogens is 3. The number of hydrogen-bond acceptors (Lipinski definition) is 1. The van der Waals surface area contributed by atoms with Gasteiger partial charge in [0.2, 0.25) is 0 Å². The maximum atomic E-state index is 12.3. The van der Waals surface area contributed by atoms with Crippen LogP contribution in [0.2, 0.25) is 5.15 Å². The molecule has 0 fully saturated rings. The van der Waals surface area contributed by atoms with Crippen LogP contribution < -0.4 is 0 Å². The fraction of sp³-hybridized carbons (Fsp3) is 0. The maximum Gasteiger partial charge on any atom is 0.133 e. The van der Waals surface area contributed by atoms with Crippen molar-refractivity contribution in [1.82, 2.24) is 4.98 Å². The van der Waals surface area contributed by atoms with Crippen molar-refractivity contribution in [3.05, 3.63) is 26.8 Å². The summed E-state index contributed by atoms with van der Waals surface area (Å²) in [6, 6.07) is 2.48. The minimum absolute atomic E-state index is 0.194. The first-order valence-corrected chi connectivity index (χ1v) is 3.63. The molecule has 1 rings (SSSR count). The number of nitrogens with zero attached hydrogens (tertiary/aromatic N) is 1. The third-order valence-corrected chi connectivity index (χ3v) is 1.47. The molecular weight excluding hydrogens is 255 g/mol.